The first-order chi connectivity index (χ1) is 21.2. The molecule has 3 aromatic rings. The van der Waals surface area contributed by atoms with Crippen molar-refractivity contribution in [2.75, 3.05) is 13.1 Å². The lowest BCUT2D eigenvalue weighted by atomic mass is 9.87. The van der Waals surface area contributed by atoms with Gasteiger partial charge in [-0.25, -0.2) is 4.39 Å². The molecule has 4 fully saturated rings. The first-order valence-electron chi connectivity index (χ1n) is 14.9. The molecular formula is C31H31F3N3O6PS. The van der Waals surface area contributed by atoms with E-state index in [4.69, 9.17) is 9.79 Å². The van der Waals surface area contributed by atoms with Crippen LogP contribution >= 0.6 is 18.9 Å². The van der Waals surface area contributed by atoms with Gasteiger partial charge in [0.1, 0.15) is 12.1 Å². The third kappa shape index (κ3) is 5.27. The molecule has 3 N–H and O–H groups in total. The summed E-state index contributed by atoms with van der Waals surface area (Å²) in [7, 11) is -5.77. The number of halogens is 3. The van der Waals surface area contributed by atoms with E-state index in [1.165, 1.54) is 17.0 Å². The van der Waals surface area contributed by atoms with Crippen LogP contribution in [0.15, 0.2) is 54.6 Å². The zero-order chi connectivity index (χ0) is 31.9. The van der Waals surface area contributed by atoms with Crippen molar-refractivity contribution in [1.29, 1.82) is 0 Å². The van der Waals surface area contributed by atoms with Gasteiger partial charge >= 0.3 is 13.3 Å². The number of fused-ring (bicyclic) bond motifs is 3. The van der Waals surface area contributed by atoms with Crippen LogP contribution < -0.4 is 5.32 Å². The molecule has 1 aromatic heterocycles. The second-order valence-corrected chi connectivity index (χ2v) is 15.5. The second-order valence-electron chi connectivity index (χ2n) is 12.7. The van der Waals surface area contributed by atoms with Gasteiger partial charge in [0.05, 0.1) is 18.0 Å². The number of likely N-dealkylation sites (tertiary alicyclic amines) is 1. The zero-order valence-corrected chi connectivity index (χ0v) is 25.7. The van der Waals surface area contributed by atoms with Crippen LogP contribution in [0, 0.1) is 11.8 Å². The Morgan fingerprint density at radius 2 is 1.71 bits per heavy atom. The van der Waals surface area contributed by atoms with Gasteiger partial charge in [-0.05, 0) is 73.1 Å². The number of carbonyl (C=O) groups is 3. The maximum Gasteiger partial charge on any atom is 0.399 e. The van der Waals surface area contributed by atoms with Gasteiger partial charge in [0, 0.05) is 16.3 Å². The van der Waals surface area contributed by atoms with Gasteiger partial charge in [0.2, 0.25) is 11.8 Å². The Kier molecular flexibility index (Phi) is 7.20. The van der Waals surface area contributed by atoms with E-state index in [2.05, 4.69) is 5.32 Å². The molecule has 0 bridgehead atoms. The van der Waals surface area contributed by atoms with Crippen molar-refractivity contribution in [2.24, 2.45) is 11.8 Å². The van der Waals surface area contributed by atoms with Crippen molar-refractivity contribution in [2.45, 2.75) is 61.6 Å². The standard InChI is InChI=1S/C31H31F3N3O6PS/c32-30(20-4-2-1-3-5-20)15-36(16-30)29(40)24-8-7-22-12-17-10-18(17)13-23(28(39)37(22)24)35-27(38)26-14-19-11-21(6-9-25(19)45-26)31(33,34)44(41,42)43/h1-6,9,11,14,17-18,22-24H,7-8,10,12-13,15-16H2,(H,35,38)(H2,41,42,43)/t17-,18+,22-,23+,24+/m1/s1. The summed E-state index contributed by atoms with van der Waals surface area (Å²) < 4.78 is 55.9. The molecule has 0 radical (unpaired) electrons. The first-order valence-corrected chi connectivity index (χ1v) is 17.3. The predicted molar refractivity (Wildman–Crippen MR) is 159 cm³/mol. The van der Waals surface area contributed by atoms with E-state index in [0.717, 1.165) is 36.3 Å². The Labute approximate surface area is 260 Å². The highest BCUT2D eigenvalue weighted by Gasteiger charge is 2.55. The van der Waals surface area contributed by atoms with Crippen LogP contribution in [0.5, 0.6) is 0 Å². The third-order valence-electron chi connectivity index (χ3n) is 9.77. The van der Waals surface area contributed by atoms with Gasteiger partial charge in [0.25, 0.3) is 5.91 Å². The van der Waals surface area contributed by atoms with Crippen molar-refractivity contribution < 1.29 is 41.9 Å². The Balaban J connectivity index is 1.08. The van der Waals surface area contributed by atoms with Crippen LogP contribution in [-0.2, 0) is 25.5 Å². The van der Waals surface area contributed by atoms with E-state index in [0.29, 0.717) is 35.4 Å². The van der Waals surface area contributed by atoms with Gasteiger partial charge in [0.15, 0.2) is 5.67 Å². The van der Waals surface area contributed by atoms with Crippen LogP contribution in [0.3, 0.4) is 0 Å². The number of benzene rings is 2. The van der Waals surface area contributed by atoms with Crippen molar-refractivity contribution in [3.63, 3.8) is 0 Å². The molecule has 1 saturated carbocycles. The summed E-state index contributed by atoms with van der Waals surface area (Å²) in [6, 6.07) is 11.4. The summed E-state index contributed by atoms with van der Waals surface area (Å²) in [4.78, 5) is 62.5. The lowest BCUT2D eigenvalue weighted by molar-refractivity contribution is -0.156. The number of hydrogen-bond donors (Lipinski definition) is 3. The van der Waals surface area contributed by atoms with Gasteiger partial charge in [-0.1, -0.05) is 36.4 Å². The van der Waals surface area contributed by atoms with Crippen molar-refractivity contribution in [3.05, 3.63) is 70.6 Å². The normalized spacial score (nSPS) is 27.7. The quantitative estimate of drug-likeness (QED) is 0.328. The third-order valence-corrected chi connectivity index (χ3v) is 11.9. The summed E-state index contributed by atoms with van der Waals surface area (Å²) in [5.41, 5.74) is -6.38. The topological polar surface area (TPSA) is 127 Å². The molecule has 1 aliphatic carbocycles. The van der Waals surface area contributed by atoms with E-state index in [1.807, 2.05) is 0 Å². The molecular weight excluding hydrogens is 630 g/mol. The largest absolute Gasteiger partial charge is 0.399 e. The van der Waals surface area contributed by atoms with Gasteiger partial charge in [-0.3, -0.25) is 18.9 Å². The SMILES string of the molecule is O=C(N[C@H]1C[C@@H]2C[C@@H]2C[C@H]2CC[C@@H](C(=O)N3CC(F)(c4ccccc4)C3)N2C1=O)c1cc2cc(C(F)(F)P(=O)(O)O)ccc2s1. The predicted octanol–water partition coefficient (Wildman–Crippen LogP) is 4.72. The minimum Gasteiger partial charge on any atom is -0.340 e. The van der Waals surface area contributed by atoms with Crippen LogP contribution in [-0.4, -0.2) is 68.5 Å². The van der Waals surface area contributed by atoms with Gasteiger partial charge < -0.3 is 24.9 Å². The number of thiophene rings is 1. The van der Waals surface area contributed by atoms with Gasteiger partial charge in [-0.2, -0.15) is 8.78 Å². The molecule has 238 valence electrons. The summed E-state index contributed by atoms with van der Waals surface area (Å²) in [6.07, 6.45) is 3.24. The lowest BCUT2D eigenvalue weighted by Gasteiger charge is -2.47. The number of hydrogen-bond acceptors (Lipinski definition) is 5. The average molecular weight is 662 g/mol. The molecule has 5 atom stereocenters. The van der Waals surface area contributed by atoms with Crippen molar-refractivity contribution in [1.82, 2.24) is 15.1 Å². The number of alkyl halides is 3. The molecule has 2 aromatic carbocycles. The number of carbonyl (C=O) groups excluding carboxylic acids is 3. The fourth-order valence-electron chi connectivity index (χ4n) is 7.22. The smallest absolute Gasteiger partial charge is 0.340 e. The molecule has 9 nitrogen and oxygen atoms in total. The van der Waals surface area contributed by atoms with E-state index in [9.17, 15) is 27.7 Å². The van der Waals surface area contributed by atoms with E-state index >= 15 is 4.39 Å². The molecule has 3 saturated heterocycles. The zero-order valence-electron chi connectivity index (χ0n) is 23.9. The highest BCUT2D eigenvalue weighted by atomic mass is 32.1. The molecule has 0 spiro atoms. The fraction of sp³-hybridized carbons (Fsp3) is 0.452. The Hall–Kier alpha value is -3.25. The molecule has 0 unspecified atom stereocenters. The number of nitrogens with zero attached hydrogens (tertiary/aromatic N) is 2. The highest BCUT2D eigenvalue weighted by Crippen LogP contribution is 2.59. The minimum absolute atomic E-state index is 0.0857. The average Bonchev–Trinajstić information content (AvgIpc) is 3.35. The van der Waals surface area contributed by atoms with Crippen molar-refractivity contribution >= 4 is 46.7 Å². The number of nitrogens with one attached hydrogen (secondary N) is 1. The Morgan fingerprint density at radius 1 is 1.00 bits per heavy atom. The summed E-state index contributed by atoms with van der Waals surface area (Å²) in [5.74, 6) is -0.570. The maximum absolute atomic E-state index is 15.5. The molecule has 14 heteroatoms. The van der Waals surface area contributed by atoms with Crippen LogP contribution in [0.2, 0.25) is 0 Å². The summed E-state index contributed by atoms with van der Waals surface area (Å²) in [6.45, 7) is -0.171. The molecule has 4 heterocycles. The first kappa shape index (κ1) is 30.4. The molecule has 7 rings (SSSR count). The van der Waals surface area contributed by atoms with E-state index in [-0.39, 0.29) is 47.1 Å². The Morgan fingerprint density at radius 3 is 2.42 bits per heavy atom. The van der Waals surface area contributed by atoms with E-state index < -0.39 is 42.5 Å². The number of rotatable bonds is 6. The lowest BCUT2D eigenvalue weighted by Crippen LogP contribution is -2.64. The fourth-order valence-corrected chi connectivity index (χ4v) is 8.64. The number of amides is 3. The summed E-state index contributed by atoms with van der Waals surface area (Å²) >= 11 is 1.01. The van der Waals surface area contributed by atoms with Crippen LogP contribution in [0.4, 0.5) is 13.2 Å². The van der Waals surface area contributed by atoms with Crippen LogP contribution in [0.1, 0.15) is 52.9 Å². The van der Waals surface area contributed by atoms with Gasteiger partial charge in [-0.15, -0.1) is 11.3 Å². The molecule has 45 heavy (non-hydrogen) atoms. The van der Waals surface area contributed by atoms with Crippen LogP contribution in [0.25, 0.3) is 10.1 Å². The van der Waals surface area contributed by atoms with E-state index in [1.54, 1.807) is 35.2 Å². The molecule has 3 aliphatic heterocycles. The van der Waals surface area contributed by atoms with Crippen molar-refractivity contribution in [3.8, 4) is 0 Å². The highest BCUT2D eigenvalue weighted by molar-refractivity contribution is 7.52. The Bertz CT molecular complexity index is 1740. The molecule has 3 amide bonds. The minimum atomic E-state index is -5.77. The second kappa shape index (κ2) is 10.7. The summed E-state index contributed by atoms with van der Waals surface area (Å²) in [5, 5.41) is 3.04. The molecule has 4 aliphatic rings. The monoisotopic (exact) mass is 661 g/mol. The maximum atomic E-state index is 15.5.